The summed E-state index contributed by atoms with van der Waals surface area (Å²) in [4.78, 5) is 22.3. The Labute approximate surface area is 103 Å². The lowest BCUT2D eigenvalue weighted by atomic mass is 9.96. The molecule has 0 aromatic rings. The predicted molar refractivity (Wildman–Crippen MR) is 66.5 cm³/mol. The lowest BCUT2D eigenvalue weighted by Crippen LogP contribution is -2.46. The number of nitrogens with two attached hydrogens (primary N) is 1. The molecule has 1 atom stereocenters. The van der Waals surface area contributed by atoms with Gasteiger partial charge in [-0.05, 0) is 39.7 Å². The van der Waals surface area contributed by atoms with Crippen molar-refractivity contribution in [3.63, 3.8) is 0 Å². The van der Waals surface area contributed by atoms with E-state index in [9.17, 15) is 9.59 Å². The second kappa shape index (κ2) is 7.27. The Hall–Kier alpha value is -1.10. The van der Waals surface area contributed by atoms with Crippen molar-refractivity contribution in [2.24, 2.45) is 11.7 Å². The Morgan fingerprint density at radius 2 is 2.00 bits per heavy atom. The Kier molecular flexibility index (Phi) is 6.80. The number of hydrogen-bond acceptors (Lipinski definition) is 3. The van der Waals surface area contributed by atoms with E-state index in [4.69, 9.17) is 10.8 Å². The smallest absolute Gasteiger partial charge is 0.303 e. The maximum Gasteiger partial charge on any atom is 0.303 e. The molecule has 5 nitrogen and oxygen atoms in total. The maximum absolute atomic E-state index is 11.8. The van der Waals surface area contributed by atoms with Gasteiger partial charge in [-0.25, -0.2) is 0 Å². The summed E-state index contributed by atoms with van der Waals surface area (Å²) in [6.45, 7) is 6.12. The summed E-state index contributed by atoms with van der Waals surface area (Å²) in [7, 11) is 0. The minimum atomic E-state index is -0.844. The average molecular weight is 244 g/mol. The van der Waals surface area contributed by atoms with Crippen LogP contribution in [0.25, 0.3) is 0 Å². The minimum Gasteiger partial charge on any atom is -0.481 e. The molecule has 0 rings (SSSR count). The lowest BCUT2D eigenvalue weighted by molar-refractivity contribution is -0.138. The SMILES string of the molecule is CC(CCCN)C(=O)NC(C)(C)CCC(=O)O. The van der Waals surface area contributed by atoms with Gasteiger partial charge in [-0.2, -0.15) is 0 Å². The van der Waals surface area contributed by atoms with Crippen LogP contribution >= 0.6 is 0 Å². The molecular weight excluding hydrogens is 220 g/mol. The van der Waals surface area contributed by atoms with Crippen LogP contribution in [0.15, 0.2) is 0 Å². The molecule has 4 N–H and O–H groups in total. The number of aliphatic carboxylic acids is 1. The summed E-state index contributed by atoms with van der Waals surface area (Å²) in [6, 6.07) is 0. The molecular formula is C12H24N2O3. The molecule has 1 unspecified atom stereocenters. The lowest BCUT2D eigenvalue weighted by Gasteiger charge is -2.27. The van der Waals surface area contributed by atoms with E-state index in [0.717, 1.165) is 12.8 Å². The van der Waals surface area contributed by atoms with Crippen molar-refractivity contribution in [1.29, 1.82) is 0 Å². The maximum atomic E-state index is 11.8. The molecule has 1 amide bonds. The fourth-order valence-electron chi connectivity index (χ4n) is 1.49. The van der Waals surface area contributed by atoms with Crippen molar-refractivity contribution < 1.29 is 14.7 Å². The number of nitrogens with one attached hydrogen (secondary N) is 1. The number of carboxylic acids is 1. The largest absolute Gasteiger partial charge is 0.481 e. The van der Waals surface area contributed by atoms with E-state index in [1.54, 1.807) is 0 Å². The van der Waals surface area contributed by atoms with Gasteiger partial charge in [-0.3, -0.25) is 9.59 Å². The third-order valence-corrected chi connectivity index (χ3v) is 2.71. The highest BCUT2D eigenvalue weighted by Crippen LogP contribution is 2.14. The molecule has 100 valence electrons. The molecule has 0 aliphatic carbocycles. The summed E-state index contributed by atoms with van der Waals surface area (Å²) in [5, 5.41) is 11.5. The molecule has 0 aromatic carbocycles. The topological polar surface area (TPSA) is 92.4 Å². The van der Waals surface area contributed by atoms with Crippen LogP contribution < -0.4 is 11.1 Å². The molecule has 0 aliphatic heterocycles. The fourth-order valence-corrected chi connectivity index (χ4v) is 1.49. The molecule has 0 saturated carbocycles. The first-order chi connectivity index (χ1) is 7.78. The second-order valence-electron chi connectivity index (χ2n) is 5.10. The van der Waals surface area contributed by atoms with Crippen LogP contribution in [0.1, 0.15) is 46.5 Å². The molecule has 0 fully saturated rings. The van der Waals surface area contributed by atoms with E-state index in [0.29, 0.717) is 13.0 Å². The highest BCUT2D eigenvalue weighted by molar-refractivity contribution is 5.79. The Balaban J connectivity index is 4.11. The van der Waals surface area contributed by atoms with E-state index in [-0.39, 0.29) is 18.2 Å². The van der Waals surface area contributed by atoms with Crippen molar-refractivity contribution in [1.82, 2.24) is 5.32 Å². The van der Waals surface area contributed by atoms with Crippen LogP contribution in [0, 0.1) is 5.92 Å². The molecule has 17 heavy (non-hydrogen) atoms. The monoisotopic (exact) mass is 244 g/mol. The van der Waals surface area contributed by atoms with Crippen LogP contribution in [-0.4, -0.2) is 29.1 Å². The van der Waals surface area contributed by atoms with E-state index >= 15 is 0 Å². The summed E-state index contributed by atoms with van der Waals surface area (Å²) >= 11 is 0. The second-order valence-corrected chi connectivity index (χ2v) is 5.10. The normalized spacial score (nSPS) is 13.2. The van der Waals surface area contributed by atoms with Crippen LogP contribution in [0.4, 0.5) is 0 Å². The van der Waals surface area contributed by atoms with Gasteiger partial charge in [0.2, 0.25) is 5.91 Å². The average Bonchev–Trinajstić information content (AvgIpc) is 2.22. The third kappa shape index (κ3) is 7.74. The summed E-state index contributed by atoms with van der Waals surface area (Å²) < 4.78 is 0. The Morgan fingerprint density at radius 3 is 2.47 bits per heavy atom. The van der Waals surface area contributed by atoms with Gasteiger partial charge in [0.15, 0.2) is 0 Å². The van der Waals surface area contributed by atoms with E-state index < -0.39 is 11.5 Å². The number of rotatable bonds is 8. The van der Waals surface area contributed by atoms with Crippen molar-refractivity contribution in [2.45, 2.75) is 52.0 Å². The van der Waals surface area contributed by atoms with Crippen molar-refractivity contribution >= 4 is 11.9 Å². The molecule has 0 radical (unpaired) electrons. The third-order valence-electron chi connectivity index (χ3n) is 2.71. The Morgan fingerprint density at radius 1 is 1.41 bits per heavy atom. The molecule has 0 heterocycles. The number of carboxylic acid groups (broad SMARTS) is 1. The van der Waals surface area contributed by atoms with Crippen LogP contribution in [0.5, 0.6) is 0 Å². The van der Waals surface area contributed by atoms with Gasteiger partial charge in [0, 0.05) is 17.9 Å². The molecule has 0 saturated heterocycles. The van der Waals surface area contributed by atoms with E-state index in [1.807, 2.05) is 20.8 Å². The first-order valence-corrected chi connectivity index (χ1v) is 6.02. The molecule has 0 aromatic heterocycles. The van der Waals surface area contributed by atoms with E-state index in [1.165, 1.54) is 0 Å². The van der Waals surface area contributed by atoms with Gasteiger partial charge in [0.05, 0.1) is 0 Å². The van der Waals surface area contributed by atoms with Crippen LogP contribution in [0.3, 0.4) is 0 Å². The summed E-state index contributed by atoms with van der Waals surface area (Å²) in [5.74, 6) is -0.958. The quantitative estimate of drug-likeness (QED) is 0.596. The standard InChI is InChI=1S/C12H24N2O3/c1-9(5-4-8-13)11(17)14-12(2,3)7-6-10(15)16/h9H,4-8,13H2,1-3H3,(H,14,17)(H,15,16). The van der Waals surface area contributed by atoms with Gasteiger partial charge in [-0.1, -0.05) is 6.92 Å². The molecule has 0 spiro atoms. The van der Waals surface area contributed by atoms with Gasteiger partial charge in [0.25, 0.3) is 0 Å². The highest BCUT2D eigenvalue weighted by Gasteiger charge is 2.23. The van der Waals surface area contributed by atoms with Gasteiger partial charge < -0.3 is 16.2 Å². The zero-order valence-electron chi connectivity index (χ0n) is 11.0. The van der Waals surface area contributed by atoms with Crippen molar-refractivity contribution in [3.05, 3.63) is 0 Å². The predicted octanol–water partition coefficient (Wildman–Crippen LogP) is 1.12. The van der Waals surface area contributed by atoms with E-state index in [2.05, 4.69) is 5.32 Å². The molecule has 0 bridgehead atoms. The van der Waals surface area contributed by atoms with Crippen molar-refractivity contribution in [2.75, 3.05) is 6.54 Å². The number of carbonyl (C=O) groups excluding carboxylic acids is 1. The van der Waals surface area contributed by atoms with Gasteiger partial charge >= 0.3 is 5.97 Å². The van der Waals surface area contributed by atoms with Gasteiger partial charge in [0.1, 0.15) is 0 Å². The zero-order valence-corrected chi connectivity index (χ0v) is 11.0. The minimum absolute atomic E-state index is 0.0335. The number of amides is 1. The Bertz CT molecular complexity index is 264. The molecule has 5 heteroatoms. The van der Waals surface area contributed by atoms with Gasteiger partial charge in [-0.15, -0.1) is 0 Å². The highest BCUT2D eigenvalue weighted by atomic mass is 16.4. The first-order valence-electron chi connectivity index (χ1n) is 6.02. The van der Waals surface area contributed by atoms with Crippen molar-refractivity contribution in [3.8, 4) is 0 Å². The van der Waals surface area contributed by atoms with Crippen LogP contribution in [-0.2, 0) is 9.59 Å². The zero-order chi connectivity index (χ0) is 13.5. The first kappa shape index (κ1) is 15.9. The summed E-state index contributed by atoms with van der Waals surface area (Å²) in [6.07, 6.45) is 2.07. The fraction of sp³-hybridized carbons (Fsp3) is 0.833. The summed E-state index contributed by atoms with van der Waals surface area (Å²) in [5.41, 5.74) is 4.91. The molecule has 0 aliphatic rings. The number of carbonyl (C=O) groups is 2. The number of hydrogen-bond donors (Lipinski definition) is 3. The van der Waals surface area contributed by atoms with Crippen LogP contribution in [0.2, 0.25) is 0 Å².